The van der Waals surface area contributed by atoms with Crippen molar-refractivity contribution in [3.05, 3.63) is 116 Å². The molecule has 1 fully saturated rings. The van der Waals surface area contributed by atoms with Crippen LogP contribution in [0, 0.1) is 0 Å². The molecule has 0 unspecified atom stereocenters. The average Bonchev–Trinajstić information content (AvgIpc) is 3.60. The Kier molecular flexibility index (Phi) is 9.73. The van der Waals surface area contributed by atoms with Crippen LogP contribution in [0.5, 0.6) is 11.5 Å². The fourth-order valence-electron chi connectivity index (χ4n) is 3.83. The molecule has 1 aliphatic heterocycles. The van der Waals surface area contributed by atoms with Gasteiger partial charge in [0.15, 0.2) is 11.8 Å². The lowest BCUT2D eigenvalue weighted by atomic mass is 10.2. The Balaban J connectivity index is 1.38. The van der Waals surface area contributed by atoms with Crippen LogP contribution in [0.25, 0.3) is 6.08 Å². The average molecular weight is 656 g/mol. The number of carbonyl (C=O) groups is 2. The van der Waals surface area contributed by atoms with Crippen molar-refractivity contribution >= 4 is 81.5 Å². The molecule has 9 nitrogen and oxygen atoms in total. The van der Waals surface area contributed by atoms with Crippen LogP contribution in [0.15, 0.2) is 98.6 Å². The summed E-state index contributed by atoms with van der Waals surface area (Å²) < 4.78 is 11.2. The number of furan rings is 1. The van der Waals surface area contributed by atoms with Crippen LogP contribution in [0.1, 0.15) is 16.9 Å². The van der Waals surface area contributed by atoms with E-state index in [4.69, 9.17) is 44.0 Å². The molecule has 5 rings (SSSR count). The third-order valence-electron chi connectivity index (χ3n) is 5.86. The topological polar surface area (TPSA) is 117 Å². The number of rotatable bonds is 9. The van der Waals surface area contributed by atoms with E-state index in [0.29, 0.717) is 48.3 Å². The van der Waals surface area contributed by atoms with Crippen molar-refractivity contribution in [2.45, 2.75) is 6.54 Å². The lowest BCUT2D eigenvalue weighted by molar-refractivity contribution is -0.122. The summed E-state index contributed by atoms with van der Waals surface area (Å²) in [6.07, 6.45) is 4.45. The number of halogens is 3. The number of phenolic OH excluding ortho intramolecular Hbond substituents is 1. The van der Waals surface area contributed by atoms with Crippen LogP contribution in [-0.4, -0.2) is 39.8 Å². The van der Waals surface area contributed by atoms with E-state index in [1.165, 1.54) is 29.5 Å². The fraction of sp³-hybridized carbons (Fsp3) is 0.0667. The summed E-state index contributed by atoms with van der Waals surface area (Å²) in [7, 11) is 0. The van der Waals surface area contributed by atoms with Crippen LogP contribution in [-0.2, 0) is 16.1 Å². The van der Waals surface area contributed by atoms with E-state index in [0.717, 1.165) is 11.8 Å². The van der Waals surface area contributed by atoms with Crippen LogP contribution >= 0.6 is 46.6 Å². The second kappa shape index (κ2) is 13.8. The van der Waals surface area contributed by atoms with Gasteiger partial charge in [0.25, 0.3) is 11.8 Å². The first-order chi connectivity index (χ1) is 20.7. The second-order valence-corrected chi connectivity index (χ2v) is 11.3. The van der Waals surface area contributed by atoms with E-state index in [2.05, 4.69) is 15.5 Å². The van der Waals surface area contributed by atoms with Crippen molar-refractivity contribution < 1.29 is 23.8 Å². The SMILES string of the molecule is O=C(COc1ccc(Cl)cc1/C=C1\S/C(=N\N=C\c2cc(Cl)ccc2O)N(Cc2ccco2)C1=O)Nc1ccc(Cl)cc1. The van der Waals surface area contributed by atoms with Crippen molar-refractivity contribution in [1.82, 2.24) is 4.90 Å². The molecule has 0 atom stereocenters. The van der Waals surface area contributed by atoms with E-state index in [9.17, 15) is 14.7 Å². The zero-order valence-corrected chi connectivity index (χ0v) is 25.1. The monoisotopic (exact) mass is 654 g/mol. The highest BCUT2D eigenvalue weighted by Gasteiger charge is 2.34. The van der Waals surface area contributed by atoms with Crippen molar-refractivity contribution in [1.29, 1.82) is 0 Å². The van der Waals surface area contributed by atoms with Crippen molar-refractivity contribution in [2.24, 2.45) is 10.2 Å². The molecule has 4 aromatic rings. The Morgan fingerprint density at radius 1 is 1.00 bits per heavy atom. The van der Waals surface area contributed by atoms with Gasteiger partial charge in [-0.1, -0.05) is 34.8 Å². The molecule has 1 aliphatic rings. The molecule has 0 aliphatic carbocycles. The van der Waals surface area contributed by atoms with Gasteiger partial charge in [-0.2, -0.15) is 5.10 Å². The van der Waals surface area contributed by atoms with Gasteiger partial charge in [0.2, 0.25) is 0 Å². The van der Waals surface area contributed by atoms with Gasteiger partial charge in [0.05, 0.1) is 23.9 Å². The minimum Gasteiger partial charge on any atom is -0.507 e. The maximum absolute atomic E-state index is 13.5. The maximum Gasteiger partial charge on any atom is 0.267 e. The van der Waals surface area contributed by atoms with E-state index >= 15 is 0 Å². The summed E-state index contributed by atoms with van der Waals surface area (Å²) in [6.45, 7) is -0.180. The van der Waals surface area contributed by atoms with Gasteiger partial charge >= 0.3 is 0 Å². The van der Waals surface area contributed by atoms with Gasteiger partial charge in [-0.05, 0) is 90.6 Å². The quantitative estimate of drug-likeness (QED) is 0.110. The number of amidine groups is 1. The number of ether oxygens (including phenoxy) is 1. The summed E-state index contributed by atoms with van der Waals surface area (Å²) in [5.41, 5.74) is 1.41. The molecule has 0 radical (unpaired) electrons. The number of hydrogen-bond acceptors (Lipinski definition) is 8. The van der Waals surface area contributed by atoms with Crippen LogP contribution in [0.3, 0.4) is 0 Å². The Hall–Kier alpha value is -4.22. The Bertz CT molecular complexity index is 1740. The third-order valence-corrected chi connectivity index (χ3v) is 7.58. The molecule has 1 aromatic heterocycles. The molecule has 1 saturated heterocycles. The van der Waals surface area contributed by atoms with Crippen molar-refractivity contribution in [2.75, 3.05) is 11.9 Å². The molecule has 3 aromatic carbocycles. The van der Waals surface area contributed by atoms with E-state index < -0.39 is 0 Å². The first-order valence-electron chi connectivity index (χ1n) is 12.6. The first kappa shape index (κ1) is 30.2. The summed E-state index contributed by atoms with van der Waals surface area (Å²) in [4.78, 5) is 27.7. The Morgan fingerprint density at radius 3 is 2.47 bits per heavy atom. The third kappa shape index (κ3) is 7.99. The highest BCUT2D eigenvalue weighted by atomic mass is 35.5. The van der Waals surface area contributed by atoms with Crippen LogP contribution < -0.4 is 10.1 Å². The molecule has 43 heavy (non-hydrogen) atoms. The number of hydrogen-bond donors (Lipinski definition) is 2. The molecule has 0 bridgehead atoms. The molecule has 218 valence electrons. The number of phenols is 1. The van der Waals surface area contributed by atoms with Gasteiger partial charge in [-0.3, -0.25) is 14.5 Å². The number of nitrogens with one attached hydrogen (secondary N) is 1. The van der Waals surface area contributed by atoms with Crippen LogP contribution in [0.2, 0.25) is 15.1 Å². The standard InChI is InChI=1S/C30H21Cl3N4O5S/c31-20-3-7-23(8-4-20)35-28(39)17-42-26-10-6-22(33)12-18(26)14-27-29(40)37(16-24-2-1-11-41-24)30(43-27)36-34-15-19-13-21(32)5-9-25(19)38/h1-15,38H,16-17H2,(H,35,39)/b27-14-,34-15+,36-30-. The summed E-state index contributed by atoms with van der Waals surface area (Å²) in [5, 5.41) is 22.8. The number of nitrogens with zero attached hydrogens (tertiary/aromatic N) is 3. The summed E-state index contributed by atoms with van der Waals surface area (Å²) in [6, 6.07) is 19.5. The van der Waals surface area contributed by atoms with Gasteiger partial charge < -0.3 is 19.6 Å². The second-order valence-electron chi connectivity index (χ2n) is 8.94. The number of carbonyl (C=O) groups excluding carboxylic acids is 2. The zero-order chi connectivity index (χ0) is 30.3. The Morgan fingerprint density at radius 2 is 1.72 bits per heavy atom. The van der Waals surface area contributed by atoms with Crippen LogP contribution in [0.4, 0.5) is 5.69 Å². The lowest BCUT2D eigenvalue weighted by Gasteiger charge is -2.13. The Labute approximate surface area is 265 Å². The highest BCUT2D eigenvalue weighted by molar-refractivity contribution is 8.18. The van der Waals surface area contributed by atoms with Gasteiger partial charge in [-0.15, -0.1) is 5.10 Å². The molecule has 13 heteroatoms. The minimum absolute atomic E-state index is 0.0214. The van der Waals surface area contributed by atoms with E-state index in [-0.39, 0.29) is 35.9 Å². The van der Waals surface area contributed by atoms with Crippen molar-refractivity contribution in [3.63, 3.8) is 0 Å². The molecule has 2 amide bonds. The van der Waals surface area contributed by atoms with E-state index in [1.54, 1.807) is 66.7 Å². The molecule has 2 N–H and O–H groups in total. The minimum atomic E-state index is -0.384. The first-order valence-corrected chi connectivity index (χ1v) is 14.5. The van der Waals surface area contributed by atoms with Gasteiger partial charge in [0, 0.05) is 31.9 Å². The molecule has 2 heterocycles. The zero-order valence-electron chi connectivity index (χ0n) is 22.0. The highest BCUT2D eigenvalue weighted by Crippen LogP contribution is 2.36. The number of amides is 2. The maximum atomic E-state index is 13.5. The van der Waals surface area contributed by atoms with Gasteiger partial charge in [-0.25, -0.2) is 0 Å². The lowest BCUT2D eigenvalue weighted by Crippen LogP contribution is -2.28. The number of benzene rings is 3. The predicted molar refractivity (Wildman–Crippen MR) is 170 cm³/mol. The normalized spacial score (nSPS) is 15.1. The number of thioether (sulfide) groups is 1. The fourth-order valence-corrected chi connectivity index (χ4v) is 5.24. The molecule has 0 spiro atoms. The van der Waals surface area contributed by atoms with Crippen molar-refractivity contribution in [3.8, 4) is 11.5 Å². The number of anilines is 1. The molecule has 0 saturated carbocycles. The molecular weight excluding hydrogens is 635 g/mol. The summed E-state index contributed by atoms with van der Waals surface area (Å²) >= 11 is 19.3. The largest absolute Gasteiger partial charge is 0.507 e. The predicted octanol–water partition coefficient (Wildman–Crippen LogP) is 7.47. The summed E-state index contributed by atoms with van der Waals surface area (Å²) in [5.74, 6) is 0.121. The van der Waals surface area contributed by atoms with E-state index in [1.807, 2.05) is 0 Å². The number of aromatic hydroxyl groups is 1. The molecular formula is C30H21Cl3N4O5S. The smallest absolute Gasteiger partial charge is 0.267 e. The van der Waals surface area contributed by atoms with Gasteiger partial charge in [0.1, 0.15) is 17.3 Å².